The summed E-state index contributed by atoms with van der Waals surface area (Å²) < 4.78 is 27.0. The Bertz CT molecular complexity index is 487. The molecule has 1 saturated carbocycles. The van der Waals surface area contributed by atoms with E-state index >= 15 is 0 Å². The third-order valence-electron chi connectivity index (χ3n) is 3.72. The maximum atomic E-state index is 13.7. The Labute approximate surface area is 116 Å². The van der Waals surface area contributed by atoms with Gasteiger partial charge in [0.15, 0.2) is 5.84 Å². The van der Waals surface area contributed by atoms with Gasteiger partial charge in [-0.15, -0.1) is 0 Å². The zero-order valence-corrected chi connectivity index (χ0v) is 11.2. The van der Waals surface area contributed by atoms with Crippen molar-refractivity contribution in [2.75, 3.05) is 6.54 Å². The summed E-state index contributed by atoms with van der Waals surface area (Å²) in [7, 11) is 0. The van der Waals surface area contributed by atoms with E-state index < -0.39 is 11.6 Å². The van der Waals surface area contributed by atoms with Gasteiger partial charge < -0.3 is 10.9 Å². The summed E-state index contributed by atoms with van der Waals surface area (Å²) in [5.41, 5.74) is 5.85. The molecule has 6 heteroatoms. The number of hydrogen-bond acceptors (Lipinski definition) is 3. The maximum Gasteiger partial charge on any atom is 0.153 e. The van der Waals surface area contributed by atoms with Crippen LogP contribution in [0.2, 0.25) is 0 Å². The van der Waals surface area contributed by atoms with Crippen LogP contribution in [-0.4, -0.2) is 28.5 Å². The van der Waals surface area contributed by atoms with Gasteiger partial charge in [0.05, 0.1) is 6.54 Å². The van der Waals surface area contributed by atoms with Gasteiger partial charge in [-0.3, -0.25) is 4.90 Å². The lowest BCUT2D eigenvalue weighted by Gasteiger charge is -2.28. The molecule has 1 fully saturated rings. The normalized spacial score (nSPS) is 17.1. The summed E-state index contributed by atoms with van der Waals surface area (Å²) >= 11 is 0. The number of amidine groups is 1. The lowest BCUT2D eigenvalue weighted by atomic mass is 10.1. The van der Waals surface area contributed by atoms with Crippen molar-refractivity contribution in [3.8, 4) is 0 Å². The van der Waals surface area contributed by atoms with Crippen LogP contribution in [-0.2, 0) is 6.54 Å². The second kappa shape index (κ2) is 6.65. The van der Waals surface area contributed by atoms with Crippen LogP contribution in [0.1, 0.15) is 31.2 Å². The van der Waals surface area contributed by atoms with Gasteiger partial charge in [-0.1, -0.05) is 18.0 Å². The molecule has 4 nitrogen and oxygen atoms in total. The SMILES string of the molecule is N/C(CN(Cc1cc(F)ccc1F)C1CCCC1)=N/O. The molecule has 0 saturated heterocycles. The predicted molar refractivity (Wildman–Crippen MR) is 72.4 cm³/mol. The summed E-state index contributed by atoms with van der Waals surface area (Å²) in [6.45, 7) is 0.502. The quantitative estimate of drug-likeness (QED) is 0.378. The largest absolute Gasteiger partial charge is 0.409 e. The van der Waals surface area contributed by atoms with Crippen molar-refractivity contribution >= 4 is 5.84 Å². The zero-order chi connectivity index (χ0) is 14.5. The Morgan fingerprint density at radius 3 is 2.70 bits per heavy atom. The number of benzene rings is 1. The van der Waals surface area contributed by atoms with E-state index in [0.717, 1.165) is 37.8 Å². The standard InChI is InChI=1S/C14H19F2N3O/c15-11-5-6-13(16)10(7-11)8-19(9-14(17)18-20)12-3-1-2-4-12/h5-7,12,20H,1-4,8-9H2,(H2,17,18). The molecule has 0 heterocycles. The van der Waals surface area contributed by atoms with Gasteiger partial charge in [-0.05, 0) is 31.0 Å². The van der Waals surface area contributed by atoms with Gasteiger partial charge >= 0.3 is 0 Å². The Hall–Kier alpha value is -1.69. The predicted octanol–water partition coefficient (Wildman–Crippen LogP) is 2.46. The van der Waals surface area contributed by atoms with Crippen LogP contribution < -0.4 is 5.73 Å². The minimum Gasteiger partial charge on any atom is -0.409 e. The molecule has 0 bridgehead atoms. The molecular weight excluding hydrogens is 264 g/mol. The highest BCUT2D eigenvalue weighted by Crippen LogP contribution is 2.25. The number of nitrogens with zero attached hydrogens (tertiary/aromatic N) is 2. The van der Waals surface area contributed by atoms with Crippen LogP contribution in [0.3, 0.4) is 0 Å². The molecule has 0 radical (unpaired) electrons. The van der Waals surface area contributed by atoms with Gasteiger partial charge in [-0.2, -0.15) is 0 Å². The minimum absolute atomic E-state index is 0.0775. The van der Waals surface area contributed by atoms with Crippen molar-refractivity contribution < 1.29 is 14.0 Å². The van der Waals surface area contributed by atoms with Crippen molar-refractivity contribution in [3.63, 3.8) is 0 Å². The lowest BCUT2D eigenvalue weighted by molar-refractivity contribution is 0.211. The van der Waals surface area contributed by atoms with E-state index in [1.54, 1.807) is 0 Å². The average Bonchev–Trinajstić information content (AvgIpc) is 2.96. The first-order valence-electron chi connectivity index (χ1n) is 6.74. The molecule has 0 spiro atoms. The number of nitrogens with two attached hydrogens (primary N) is 1. The smallest absolute Gasteiger partial charge is 0.153 e. The Balaban J connectivity index is 2.15. The second-order valence-electron chi connectivity index (χ2n) is 5.17. The molecule has 1 aromatic carbocycles. The molecule has 20 heavy (non-hydrogen) atoms. The van der Waals surface area contributed by atoms with E-state index in [2.05, 4.69) is 5.16 Å². The first-order valence-corrected chi connectivity index (χ1v) is 6.74. The number of rotatable bonds is 5. The highest BCUT2D eigenvalue weighted by Gasteiger charge is 2.24. The average molecular weight is 283 g/mol. The summed E-state index contributed by atoms with van der Waals surface area (Å²) in [6.07, 6.45) is 4.22. The van der Waals surface area contributed by atoms with Crippen LogP contribution in [0, 0.1) is 11.6 Å². The van der Waals surface area contributed by atoms with Crippen molar-refractivity contribution in [1.29, 1.82) is 0 Å². The van der Waals surface area contributed by atoms with Gasteiger partial charge in [0.2, 0.25) is 0 Å². The number of halogens is 2. The lowest BCUT2D eigenvalue weighted by Crippen LogP contribution is -2.39. The molecule has 2 rings (SSSR count). The van der Waals surface area contributed by atoms with Crippen molar-refractivity contribution in [2.24, 2.45) is 10.9 Å². The Morgan fingerprint density at radius 1 is 1.35 bits per heavy atom. The van der Waals surface area contributed by atoms with Crippen LogP contribution >= 0.6 is 0 Å². The van der Waals surface area contributed by atoms with Crippen molar-refractivity contribution in [3.05, 3.63) is 35.4 Å². The fourth-order valence-corrected chi connectivity index (χ4v) is 2.71. The first kappa shape index (κ1) is 14.7. The Kier molecular flexibility index (Phi) is 4.89. The molecule has 0 atom stereocenters. The van der Waals surface area contributed by atoms with E-state index in [9.17, 15) is 8.78 Å². The van der Waals surface area contributed by atoms with E-state index in [1.807, 2.05) is 4.90 Å². The van der Waals surface area contributed by atoms with Crippen LogP contribution in [0.5, 0.6) is 0 Å². The number of oxime groups is 1. The van der Waals surface area contributed by atoms with Crippen LogP contribution in [0.15, 0.2) is 23.4 Å². The van der Waals surface area contributed by atoms with E-state index in [0.29, 0.717) is 5.56 Å². The molecule has 0 unspecified atom stereocenters. The molecule has 1 aromatic rings. The van der Waals surface area contributed by atoms with Gasteiger partial charge in [0, 0.05) is 18.2 Å². The first-order chi connectivity index (χ1) is 9.60. The molecule has 0 aromatic heterocycles. The Morgan fingerprint density at radius 2 is 2.05 bits per heavy atom. The molecule has 1 aliphatic carbocycles. The van der Waals surface area contributed by atoms with E-state index in [1.165, 1.54) is 6.07 Å². The molecule has 0 amide bonds. The monoisotopic (exact) mass is 283 g/mol. The molecule has 3 N–H and O–H groups in total. The van der Waals surface area contributed by atoms with Gasteiger partial charge in [-0.25, -0.2) is 8.78 Å². The molecule has 110 valence electrons. The van der Waals surface area contributed by atoms with E-state index in [4.69, 9.17) is 10.9 Å². The summed E-state index contributed by atoms with van der Waals surface area (Å²) in [5, 5.41) is 11.7. The van der Waals surface area contributed by atoms with Gasteiger partial charge in [0.25, 0.3) is 0 Å². The third kappa shape index (κ3) is 3.66. The van der Waals surface area contributed by atoms with Crippen molar-refractivity contribution in [1.82, 2.24) is 4.90 Å². The van der Waals surface area contributed by atoms with E-state index in [-0.39, 0.29) is 25.0 Å². The number of hydrogen-bond donors (Lipinski definition) is 2. The van der Waals surface area contributed by atoms with Crippen LogP contribution in [0.25, 0.3) is 0 Å². The molecular formula is C14H19F2N3O. The summed E-state index contributed by atoms with van der Waals surface area (Å²) in [6, 6.07) is 3.69. The maximum absolute atomic E-state index is 13.7. The second-order valence-corrected chi connectivity index (χ2v) is 5.17. The fourth-order valence-electron chi connectivity index (χ4n) is 2.71. The highest BCUT2D eigenvalue weighted by atomic mass is 19.1. The summed E-state index contributed by atoms with van der Waals surface area (Å²) in [5.74, 6) is -0.820. The highest BCUT2D eigenvalue weighted by molar-refractivity contribution is 5.81. The minimum atomic E-state index is -0.462. The summed E-state index contributed by atoms with van der Waals surface area (Å²) in [4.78, 5) is 1.94. The topological polar surface area (TPSA) is 61.8 Å². The van der Waals surface area contributed by atoms with Crippen LogP contribution in [0.4, 0.5) is 8.78 Å². The zero-order valence-electron chi connectivity index (χ0n) is 11.2. The molecule has 0 aliphatic heterocycles. The third-order valence-corrected chi connectivity index (χ3v) is 3.72. The molecule has 1 aliphatic rings. The van der Waals surface area contributed by atoms with Crippen molar-refractivity contribution in [2.45, 2.75) is 38.3 Å². The van der Waals surface area contributed by atoms with Gasteiger partial charge in [0.1, 0.15) is 11.6 Å². The fraction of sp³-hybridized carbons (Fsp3) is 0.500.